The van der Waals surface area contributed by atoms with Crippen molar-refractivity contribution in [2.45, 2.75) is 12.8 Å². The predicted molar refractivity (Wildman–Crippen MR) is 79.7 cm³/mol. The Morgan fingerprint density at radius 3 is 2.38 bits per heavy atom. The Morgan fingerprint density at radius 1 is 1.10 bits per heavy atom. The molecule has 0 saturated heterocycles. The van der Waals surface area contributed by atoms with Crippen molar-refractivity contribution < 1.29 is 14.7 Å². The Morgan fingerprint density at radius 2 is 1.76 bits per heavy atom. The molecular formula is C15H17N3O3. The molecule has 2 rings (SSSR count). The van der Waals surface area contributed by atoms with Crippen molar-refractivity contribution in [1.82, 2.24) is 9.88 Å². The Hall–Kier alpha value is -2.76. The average Bonchev–Trinajstić information content (AvgIpc) is 2.98. The first-order chi connectivity index (χ1) is 10.1. The molecule has 21 heavy (non-hydrogen) atoms. The van der Waals surface area contributed by atoms with E-state index in [2.05, 4.69) is 10.6 Å². The molecule has 0 saturated carbocycles. The van der Waals surface area contributed by atoms with E-state index in [1.54, 1.807) is 0 Å². The van der Waals surface area contributed by atoms with Crippen molar-refractivity contribution >= 4 is 17.7 Å². The molecular weight excluding hydrogens is 270 g/mol. The number of benzene rings is 1. The number of aromatic nitrogens is 1. The number of nitrogens with one attached hydrogen (secondary N) is 2. The fourth-order valence-electron chi connectivity index (χ4n) is 1.84. The molecule has 1 aromatic carbocycles. The lowest BCUT2D eigenvalue weighted by Gasteiger charge is -2.08. The summed E-state index contributed by atoms with van der Waals surface area (Å²) in [6.45, 7) is 0.333. The molecule has 0 unspecified atom stereocenters. The molecule has 0 aliphatic heterocycles. The van der Waals surface area contributed by atoms with Gasteiger partial charge in [-0.25, -0.2) is 4.79 Å². The van der Waals surface area contributed by atoms with Gasteiger partial charge in [-0.05, 0) is 42.8 Å². The molecule has 6 heteroatoms. The van der Waals surface area contributed by atoms with E-state index in [4.69, 9.17) is 5.11 Å². The third kappa shape index (κ3) is 4.68. The van der Waals surface area contributed by atoms with Crippen molar-refractivity contribution in [1.29, 1.82) is 0 Å². The number of rotatable bonds is 6. The van der Waals surface area contributed by atoms with Crippen molar-refractivity contribution in [3.8, 4) is 5.69 Å². The molecule has 0 spiro atoms. The minimum absolute atomic E-state index is 0.0475. The van der Waals surface area contributed by atoms with Gasteiger partial charge >= 0.3 is 12.0 Å². The number of carbonyl (C=O) groups is 2. The van der Waals surface area contributed by atoms with Gasteiger partial charge in [0.2, 0.25) is 0 Å². The van der Waals surface area contributed by atoms with Gasteiger partial charge in [-0.2, -0.15) is 0 Å². The molecule has 6 nitrogen and oxygen atoms in total. The van der Waals surface area contributed by atoms with E-state index in [9.17, 15) is 9.59 Å². The van der Waals surface area contributed by atoms with Crippen molar-refractivity contribution in [3.05, 3.63) is 48.8 Å². The number of hydrogen-bond acceptors (Lipinski definition) is 2. The molecule has 0 bridgehead atoms. The zero-order valence-corrected chi connectivity index (χ0v) is 11.5. The second-order valence-electron chi connectivity index (χ2n) is 4.52. The van der Waals surface area contributed by atoms with E-state index in [0.29, 0.717) is 18.7 Å². The number of carbonyl (C=O) groups excluding carboxylic acids is 1. The minimum Gasteiger partial charge on any atom is -0.481 e. The first-order valence-electron chi connectivity index (χ1n) is 6.65. The lowest BCUT2D eigenvalue weighted by Crippen LogP contribution is -2.29. The van der Waals surface area contributed by atoms with Crippen LogP contribution in [-0.2, 0) is 4.79 Å². The standard InChI is InChI=1S/C15H17N3O3/c19-14(20)4-3-9-16-15(21)17-12-5-7-13(8-6-12)18-10-1-2-11-18/h1-2,5-8,10-11H,3-4,9H2,(H,19,20)(H2,16,17,21). The Labute approximate surface area is 122 Å². The maximum Gasteiger partial charge on any atom is 0.319 e. The average molecular weight is 287 g/mol. The van der Waals surface area contributed by atoms with Gasteiger partial charge in [0.15, 0.2) is 0 Å². The fraction of sp³-hybridized carbons (Fsp3) is 0.200. The lowest BCUT2D eigenvalue weighted by atomic mass is 10.3. The quantitative estimate of drug-likeness (QED) is 0.714. The smallest absolute Gasteiger partial charge is 0.319 e. The van der Waals surface area contributed by atoms with Gasteiger partial charge in [0, 0.05) is 36.7 Å². The van der Waals surface area contributed by atoms with E-state index in [0.717, 1.165) is 5.69 Å². The molecule has 2 aromatic rings. The molecule has 0 fully saturated rings. The number of anilines is 1. The van der Waals surface area contributed by atoms with Crippen molar-refractivity contribution in [2.24, 2.45) is 0 Å². The van der Waals surface area contributed by atoms with Crippen LogP contribution in [0.1, 0.15) is 12.8 Å². The zero-order chi connectivity index (χ0) is 15.1. The van der Waals surface area contributed by atoms with E-state index in [1.165, 1.54) is 0 Å². The third-order valence-corrected chi connectivity index (χ3v) is 2.88. The van der Waals surface area contributed by atoms with Gasteiger partial charge in [0.05, 0.1) is 0 Å². The largest absolute Gasteiger partial charge is 0.481 e. The van der Waals surface area contributed by atoms with E-state index < -0.39 is 5.97 Å². The first kappa shape index (κ1) is 14.6. The highest BCUT2D eigenvalue weighted by Crippen LogP contribution is 2.13. The van der Waals surface area contributed by atoms with E-state index >= 15 is 0 Å². The summed E-state index contributed by atoms with van der Waals surface area (Å²) in [5, 5.41) is 13.8. The molecule has 1 aromatic heterocycles. The van der Waals surface area contributed by atoms with Crippen LogP contribution in [0.25, 0.3) is 5.69 Å². The van der Waals surface area contributed by atoms with Crippen LogP contribution in [0.3, 0.4) is 0 Å². The number of aliphatic carboxylic acids is 1. The minimum atomic E-state index is -0.863. The Bertz CT molecular complexity index is 591. The monoisotopic (exact) mass is 287 g/mol. The van der Waals surface area contributed by atoms with Gasteiger partial charge in [-0.1, -0.05) is 0 Å². The first-order valence-corrected chi connectivity index (χ1v) is 6.65. The SMILES string of the molecule is O=C(O)CCCNC(=O)Nc1ccc(-n2cccc2)cc1. The maximum absolute atomic E-state index is 11.6. The second kappa shape index (κ2) is 7.14. The van der Waals surface area contributed by atoms with Gasteiger partial charge in [-0.3, -0.25) is 4.79 Å². The number of urea groups is 1. The second-order valence-corrected chi connectivity index (χ2v) is 4.52. The Balaban J connectivity index is 1.80. The number of carboxylic acid groups (broad SMARTS) is 1. The lowest BCUT2D eigenvalue weighted by molar-refractivity contribution is -0.137. The summed E-state index contributed by atoms with van der Waals surface area (Å²) < 4.78 is 1.97. The third-order valence-electron chi connectivity index (χ3n) is 2.88. The van der Waals surface area contributed by atoms with Crippen LogP contribution in [0.2, 0.25) is 0 Å². The van der Waals surface area contributed by atoms with Crippen LogP contribution >= 0.6 is 0 Å². The fourth-order valence-corrected chi connectivity index (χ4v) is 1.84. The molecule has 0 radical (unpaired) electrons. The van der Waals surface area contributed by atoms with Gasteiger partial charge in [-0.15, -0.1) is 0 Å². The molecule has 2 amide bonds. The number of nitrogens with zero attached hydrogens (tertiary/aromatic N) is 1. The molecule has 1 heterocycles. The zero-order valence-electron chi connectivity index (χ0n) is 11.5. The Kier molecular flexibility index (Phi) is 4.98. The maximum atomic E-state index is 11.6. The van der Waals surface area contributed by atoms with Gasteiger partial charge < -0.3 is 20.3 Å². The van der Waals surface area contributed by atoms with Crippen LogP contribution in [0, 0.1) is 0 Å². The predicted octanol–water partition coefficient (Wildman–Crippen LogP) is 2.46. The van der Waals surface area contributed by atoms with Crippen LogP contribution in [0.4, 0.5) is 10.5 Å². The summed E-state index contributed by atoms with van der Waals surface area (Å²) in [7, 11) is 0. The van der Waals surface area contributed by atoms with Crippen LogP contribution in [0.15, 0.2) is 48.8 Å². The molecule has 110 valence electrons. The van der Waals surface area contributed by atoms with E-state index in [-0.39, 0.29) is 12.5 Å². The van der Waals surface area contributed by atoms with Crippen LogP contribution in [0.5, 0.6) is 0 Å². The van der Waals surface area contributed by atoms with E-state index in [1.807, 2.05) is 53.4 Å². The van der Waals surface area contributed by atoms with Gasteiger partial charge in [0.25, 0.3) is 0 Å². The summed E-state index contributed by atoms with van der Waals surface area (Å²) in [4.78, 5) is 21.9. The molecule has 0 atom stereocenters. The highest BCUT2D eigenvalue weighted by atomic mass is 16.4. The normalized spacial score (nSPS) is 10.1. The highest BCUT2D eigenvalue weighted by Gasteiger charge is 2.02. The number of hydrogen-bond donors (Lipinski definition) is 3. The number of amides is 2. The van der Waals surface area contributed by atoms with Crippen molar-refractivity contribution in [3.63, 3.8) is 0 Å². The summed E-state index contributed by atoms with van der Waals surface area (Å²) in [6.07, 6.45) is 4.34. The number of carboxylic acids is 1. The van der Waals surface area contributed by atoms with Crippen LogP contribution < -0.4 is 10.6 Å². The van der Waals surface area contributed by atoms with Gasteiger partial charge in [0.1, 0.15) is 0 Å². The summed E-state index contributed by atoms with van der Waals surface area (Å²) in [6, 6.07) is 11.0. The molecule has 0 aliphatic rings. The summed E-state index contributed by atoms with van der Waals surface area (Å²) >= 11 is 0. The highest BCUT2D eigenvalue weighted by molar-refractivity contribution is 5.89. The molecule has 3 N–H and O–H groups in total. The van der Waals surface area contributed by atoms with Crippen molar-refractivity contribution in [2.75, 3.05) is 11.9 Å². The molecule has 0 aliphatic carbocycles. The topological polar surface area (TPSA) is 83.4 Å². The van der Waals surface area contributed by atoms with Crippen LogP contribution in [-0.4, -0.2) is 28.2 Å². The summed E-state index contributed by atoms with van der Waals surface area (Å²) in [5.74, 6) is -0.863. The summed E-state index contributed by atoms with van der Waals surface area (Å²) in [5.41, 5.74) is 1.69.